The number of anilines is 1. The van der Waals surface area contributed by atoms with Crippen molar-refractivity contribution in [3.8, 4) is 0 Å². The molecule has 0 saturated heterocycles. The molecule has 0 bridgehead atoms. The van der Waals surface area contributed by atoms with E-state index in [0.29, 0.717) is 0 Å². The quantitative estimate of drug-likeness (QED) is 0.728. The van der Waals surface area contributed by atoms with Crippen molar-refractivity contribution in [3.05, 3.63) is 28.2 Å². The van der Waals surface area contributed by atoms with Crippen LogP contribution in [0.1, 0.15) is 5.56 Å². The normalized spacial score (nSPS) is 16.0. The molecule has 0 saturated carbocycles. The van der Waals surface area contributed by atoms with Crippen molar-refractivity contribution in [1.29, 1.82) is 0 Å². The second kappa shape index (κ2) is 3.07. The van der Waals surface area contributed by atoms with Gasteiger partial charge in [0.25, 0.3) is 0 Å². The second-order valence-electron chi connectivity index (χ2n) is 2.99. The zero-order valence-electron chi connectivity index (χ0n) is 6.97. The van der Waals surface area contributed by atoms with Gasteiger partial charge in [-0.2, -0.15) is 0 Å². The Labute approximate surface area is 80.7 Å². The standard InChI is InChI=1S/C9H11BrN2/c1-12-9-6-8(10)3-2-7(9)4-5-11-12/h2-3,6,11H,4-5H2,1H3. The molecule has 0 radical (unpaired) electrons. The zero-order chi connectivity index (χ0) is 8.55. The van der Waals surface area contributed by atoms with Crippen LogP contribution >= 0.6 is 15.9 Å². The summed E-state index contributed by atoms with van der Waals surface area (Å²) in [7, 11) is 2.05. The van der Waals surface area contributed by atoms with Gasteiger partial charge in [0.15, 0.2) is 0 Å². The lowest BCUT2D eigenvalue weighted by molar-refractivity contribution is 0.641. The van der Waals surface area contributed by atoms with E-state index < -0.39 is 0 Å². The number of benzene rings is 1. The van der Waals surface area contributed by atoms with Gasteiger partial charge in [0, 0.05) is 18.1 Å². The number of nitrogens with one attached hydrogen (secondary N) is 1. The predicted molar refractivity (Wildman–Crippen MR) is 54.3 cm³/mol. The molecule has 1 N–H and O–H groups in total. The smallest absolute Gasteiger partial charge is 0.0560 e. The molecule has 2 rings (SSSR count). The van der Waals surface area contributed by atoms with E-state index in [1.54, 1.807) is 0 Å². The average Bonchev–Trinajstić information content (AvgIpc) is 2.07. The molecule has 1 aromatic carbocycles. The highest BCUT2D eigenvalue weighted by molar-refractivity contribution is 9.10. The summed E-state index contributed by atoms with van der Waals surface area (Å²) >= 11 is 3.46. The third-order valence-corrected chi connectivity index (χ3v) is 2.65. The summed E-state index contributed by atoms with van der Waals surface area (Å²) in [5.41, 5.74) is 5.97. The molecule has 64 valence electrons. The van der Waals surface area contributed by atoms with Gasteiger partial charge in [-0.3, -0.25) is 0 Å². The molecule has 0 amide bonds. The van der Waals surface area contributed by atoms with Crippen LogP contribution in [-0.4, -0.2) is 13.6 Å². The van der Waals surface area contributed by atoms with Crippen molar-refractivity contribution in [2.24, 2.45) is 0 Å². The van der Waals surface area contributed by atoms with Gasteiger partial charge >= 0.3 is 0 Å². The number of rotatable bonds is 0. The molecule has 3 heteroatoms. The maximum atomic E-state index is 3.46. The summed E-state index contributed by atoms with van der Waals surface area (Å²) in [6.07, 6.45) is 1.12. The van der Waals surface area contributed by atoms with Gasteiger partial charge in [-0.1, -0.05) is 22.0 Å². The Kier molecular flexibility index (Phi) is 2.07. The number of fused-ring (bicyclic) bond motifs is 1. The van der Waals surface area contributed by atoms with E-state index in [9.17, 15) is 0 Å². The summed E-state index contributed by atoms with van der Waals surface area (Å²) in [5.74, 6) is 0. The first-order valence-corrected chi connectivity index (χ1v) is 4.82. The predicted octanol–water partition coefficient (Wildman–Crippen LogP) is 1.95. The number of hydrogen-bond donors (Lipinski definition) is 1. The summed E-state index contributed by atoms with van der Waals surface area (Å²) in [5, 5.41) is 2.07. The zero-order valence-corrected chi connectivity index (χ0v) is 8.56. The molecule has 0 aromatic heterocycles. The molecule has 1 heterocycles. The largest absolute Gasteiger partial charge is 0.311 e. The topological polar surface area (TPSA) is 15.3 Å². The summed E-state index contributed by atoms with van der Waals surface area (Å²) in [4.78, 5) is 0. The van der Waals surface area contributed by atoms with Crippen LogP contribution in [-0.2, 0) is 6.42 Å². The SMILES string of the molecule is CN1NCCc2ccc(Br)cc21. The monoisotopic (exact) mass is 226 g/mol. The van der Waals surface area contributed by atoms with Crippen LogP contribution in [0.15, 0.2) is 22.7 Å². The fourth-order valence-electron chi connectivity index (χ4n) is 1.50. The molecule has 0 atom stereocenters. The van der Waals surface area contributed by atoms with Gasteiger partial charge in [-0.05, 0) is 24.1 Å². The first-order chi connectivity index (χ1) is 5.77. The first kappa shape index (κ1) is 8.08. The minimum Gasteiger partial charge on any atom is -0.311 e. The van der Waals surface area contributed by atoms with E-state index in [1.807, 2.05) is 7.05 Å². The number of hydrogen-bond acceptors (Lipinski definition) is 2. The van der Waals surface area contributed by atoms with Gasteiger partial charge in [0.2, 0.25) is 0 Å². The fourth-order valence-corrected chi connectivity index (χ4v) is 1.85. The number of nitrogens with zero attached hydrogens (tertiary/aromatic N) is 1. The van der Waals surface area contributed by atoms with Gasteiger partial charge in [-0.25, -0.2) is 5.43 Å². The third-order valence-electron chi connectivity index (χ3n) is 2.15. The van der Waals surface area contributed by atoms with E-state index in [1.165, 1.54) is 11.3 Å². The van der Waals surface area contributed by atoms with Crippen LogP contribution in [0.5, 0.6) is 0 Å². The van der Waals surface area contributed by atoms with Crippen molar-refractivity contribution in [3.63, 3.8) is 0 Å². The van der Waals surface area contributed by atoms with Crippen LogP contribution in [0, 0.1) is 0 Å². The maximum absolute atomic E-state index is 3.46. The van der Waals surface area contributed by atoms with E-state index in [4.69, 9.17) is 0 Å². The number of hydrazine groups is 1. The molecule has 0 aliphatic carbocycles. The Morgan fingerprint density at radius 2 is 2.33 bits per heavy atom. The van der Waals surface area contributed by atoms with Crippen molar-refractivity contribution >= 4 is 21.6 Å². The van der Waals surface area contributed by atoms with Crippen molar-refractivity contribution in [2.75, 3.05) is 18.6 Å². The molecule has 0 spiro atoms. The van der Waals surface area contributed by atoms with Crippen LogP contribution in [0.3, 0.4) is 0 Å². The molecule has 0 fully saturated rings. The highest BCUT2D eigenvalue weighted by Crippen LogP contribution is 2.25. The Morgan fingerprint density at radius 1 is 1.50 bits per heavy atom. The molecule has 1 aliphatic rings. The average molecular weight is 227 g/mol. The summed E-state index contributed by atoms with van der Waals surface area (Å²) < 4.78 is 1.14. The highest BCUT2D eigenvalue weighted by atomic mass is 79.9. The van der Waals surface area contributed by atoms with Gasteiger partial charge < -0.3 is 5.01 Å². The van der Waals surface area contributed by atoms with Crippen LogP contribution in [0.25, 0.3) is 0 Å². The molecular weight excluding hydrogens is 216 g/mol. The molecule has 1 aliphatic heterocycles. The minimum atomic E-state index is 1.03. The highest BCUT2D eigenvalue weighted by Gasteiger charge is 2.12. The number of halogens is 1. The van der Waals surface area contributed by atoms with Crippen molar-refractivity contribution in [1.82, 2.24) is 5.43 Å². The molecule has 12 heavy (non-hydrogen) atoms. The third kappa shape index (κ3) is 1.34. The maximum Gasteiger partial charge on any atom is 0.0560 e. The van der Waals surface area contributed by atoms with Crippen LogP contribution in [0.4, 0.5) is 5.69 Å². The van der Waals surface area contributed by atoms with E-state index >= 15 is 0 Å². The molecular formula is C9H11BrN2. The van der Waals surface area contributed by atoms with Gasteiger partial charge in [0.05, 0.1) is 5.69 Å². The van der Waals surface area contributed by atoms with Gasteiger partial charge in [-0.15, -0.1) is 0 Å². The Hall–Kier alpha value is -0.540. The Bertz CT molecular complexity index is 299. The lowest BCUT2D eigenvalue weighted by Gasteiger charge is -2.28. The van der Waals surface area contributed by atoms with E-state index in [2.05, 4.69) is 44.6 Å². The Balaban J connectivity index is 2.47. The van der Waals surface area contributed by atoms with Crippen molar-refractivity contribution < 1.29 is 0 Å². The summed E-state index contributed by atoms with van der Waals surface area (Å²) in [6.45, 7) is 1.03. The van der Waals surface area contributed by atoms with Crippen molar-refractivity contribution in [2.45, 2.75) is 6.42 Å². The molecule has 1 aromatic rings. The van der Waals surface area contributed by atoms with E-state index in [0.717, 1.165) is 17.4 Å². The first-order valence-electron chi connectivity index (χ1n) is 4.03. The van der Waals surface area contributed by atoms with Crippen LogP contribution < -0.4 is 10.4 Å². The summed E-state index contributed by atoms with van der Waals surface area (Å²) in [6, 6.07) is 6.41. The Morgan fingerprint density at radius 3 is 3.17 bits per heavy atom. The van der Waals surface area contributed by atoms with E-state index in [-0.39, 0.29) is 0 Å². The minimum absolute atomic E-state index is 1.03. The lowest BCUT2D eigenvalue weighted by Crippen LogP contribution is -2.40. The molecule has 2 nitrogen and oxygen atoms in total. The fraction of sp³-hybridized carbons (Fsp3) is 0.333. The molecule has 0 unspecified atom stereocenters. The second-order valence-corrected chi connectivity index (χ2v) is 3.91. The van der Waals surface area contributed by atoms with Gasteiger partial charge in [0.1, 0.15) is 0 Å². The lowest BCUT2D eigenvalue weighted by atomic mass is 10.1. The van der Waals surface area contributed by atoms with Crippen LogP contribution in [0.2, 0.25) is 0 Å².